The molecule has 0 aliphatic heterocycles. The molecular formula is C12H18BrNO2S2. The van der Waals surface area contributed by atoms with E-state index in [4.69, 9.17) is 5.73 Å². The summed E-state index contributed by atoms with van der Waals surface area (Å²) in [6.45, 7) is 1.94. The van der Waals surface area contributed by atoms with Gasteiger partial charge in [-0.3, -0.25) is 0 Å². The zero-order chi connectivity index (χ0) is 13.8. The van der Waals surface area contributed by atoms with E-state index in [1.807, 2.05) is 31.2 Å². The first-order valence-corrected chi connectivity index (χ1v) is 9.51. The smallest absolute Gasteiger partial charge is 0.148 e. The van der Waals surface area contributed by atoms with Crippen LogP contribution in [-0.4, -0.2) is 32.2 Å². The highest BCUT2D eigenvalue weighted by Crippen LogP contribution is 2.35. The highest BCUT2D eigenvalue weighted by atomic mass is 79.9. The quantitative estimate of drug-likeness (QED) is 0.855. The minimum absolute atomic E-state index is 0.0340. The molecule has 0 aromatic heterocycles. The first kappa shape index (κ1) is 16.0. The van der Waals surface area contributed by atoms with Gasteiger partial charge in [0.15, 0.2) is 0 Å². The van der Waals surface area contributed by atoms with Crippen molar-refractivity contribution in [1.82, 2.24) is 0 Å². The lowest BCUT2D eigenvalue weighted by molar-refractivity contribution is 0.603. The molecule has 2 unspecified atom stereocenters. The number of halogens is 1. The molecule has 0 aliphatic carbocycles. The second kappa shape index (κ2) is 6.93. The fourth-order valence-electron chi connectivity index (χ4n) is 1.56. The summed E-state index contributed by atoms with van der Waals surface area (Å²) in [6, 6.07) is 7.88. The van der Waals surface area contributed by atoms with Gasteiger partial charge < -0.3 is 5.73 Å². The summed E-state index contributed by atoms with van der Waals surface area (Å²) in [5, 5.41) is 0.0994. The van der Waals surface area contributed by atoms with Crippen LogP contribution in [0.4, 0.5) is 0 Å². The molecule has 18 heavy (non-hydrogen) atoms. The molecule has 1 rings (SSSR count). The Morgan fingerprint density at radius 1 is 1.39 bits per heavy atom. The van der Waals surface area contributed by atoms with Crippen molar-refractivity contribution >= 4 is 37.5 Å². The molecule has 0 fully saturated rings. The number of benzene rings is 1. The Hall–Kier alpha value is -0.0400. The van der Waals surface area contributed by atoms with E-state index in [-0.39, 0.29) is 17.0 Å². The van der Waals surface area contributed by atoms with Crippen LogP contribution in [0, 0.1) is 0 Å². The lowest BCUT2D eigenvalue weighted by atomic mass is 10.1. The molecule has 0 amide bonds. The summed E-state index contributed by atoms with van der Waals surface area (Å²) in [7, 11) is -2.91. The number of thioether (sulfide) groups is 1. The van der Waals surface area contributed by atoms with Gasteiger partial charge in [-0.25, -0.2) is 8.42 Å². The summed E-state index contributed by atoms with van der Waals surface area (Å²) in [4.78, 5) is 0. The first-order valence-electron chi connectivity index (χ1n) is 5.60. The van der Waals surface area contributed by atoms with Crippen LogP contribution in [0.15, 0.2) is 28.7 Å². The molecule has 3 nitrogen and oxygen atoms in total. The van der Waals surface area contributed by atoms with E-state index in [0.29, 0.717) is 5.75 Å². The number of rotatable bonds is 6. The zero-order valence-electron chi connectivity index (χ0n) is 10.5. The second-order valence-corrected chi connectivity index (χ2v) is 8.67. The van der Waals surface area contributed by atoms with E-state index in [0.717, 1.165) is 10.0 Å². The van der Waals surface area contributed by atoms with Crippen LogP contribution in [-0.2, 0) is 9.84 Å². The van der Waals surface area contributed by atoms with E-state index in [1.165, 1.54) is 6.26 Å². The normalized spacial score (nSPS) is 15.3. The average Bonchev–Trinajstić information content (AvgIpc) is 2.24. The van der Waals surface area contributed by atoms with Crippen LogP contribution in [0.5, 0.6) is 0 Å². The van der Waals surface area contributed by atoms with Crippen molar-refractivity contribution in [2.45, 2.75) is 18.2 Å². The Kier molecular flexibility index (Phi) is 6.17. The van der Waals surface area contributed by atoms with Crippen LogP contribution in [0.2, 0.25) is 0 Å². The molecule has 0 heterocycles. The Morgan fingerprint density at radius 2 is 2.00 bits per heavy atom. The van der Waals surface area contributed by atoms with Crippen LogP contribution in [0.25, 0.3) is 0 Å². The predicted octanol–water partition coefficient (Wildman–Crippen LogP) is 2.62. The third kappa shape index (κ3) is 5.30. The van der Waals surface area contributed by atoms with Crippen LogP contribution in [0.1, 0.15) is 17.7 Å². The number of nitrogens with two attached hydrogens (primary N) is 1. The third-order valence-corrected chi connectivity index (χ3v) is 5.85. The van der Waals surface area contributed by atoms with Crippen molar-refractivity contribution in [3.63, 3.8) is 0 Å². The highest BCUT2D eigenvalue weighted by molar-refractivity contribution is 9.10. The Bertz CT molecular complexity index is 489. The second-order valence-electron chi connectivity index (χ2n) is 4.30. The zero-order valence-corrected chi connectivity index (χ0v) is 13.7. The van der Waals surface area contributed by atoms with E-state index < -0.39 is 9.84 Å². The predicted molar refractivity (Wildman–Crippen MR) is 82.7 cm³/mol. The lowest BCUT2D eigenvalue weighted by Crippen LogP contribution is -2.23. The van der Waals surface area contributed by atoms with Crippen LogP contribution < -0.4 is 5.73 Å². The SMILES string of the molecule is CC(N)C(SCCS(C)(=O)=O)c1ccccc1Br. The summed E-state index contributed by atoms with van der Waals surface area (Å²) in [6.07, 6.45) is 1.26. The van der Waals surface area contributed by atoms with Gasteiger partial charge in [-0.05, 0) is 18.6 Å². The largest absolute Gasteiger partial charge is 0.327 e. The molecule has 0 saturated heterocycles. The molecule has 6 heteroatoms. The molecule has 0 bridgehead atoms. The van der Waals surface area contributed by atoms with E-state index in [1.54, 1.807) is 11.8 Å². The highest BCUT2D eigenvalue weighted by Gasteiger charge is 2.19. The van der Waals surface area contributed by atoms with Crippen molar-refractivity contribution in [2.24, 2.45) is 5.73 Å². The van der Waals surface area contributed by atoms with Gasteiger partial charge >= 0.3 is 0 Å². The molecule has 2 N–H and O–H groups in total. The van der Waals surface area contributed by atoms with Gasteiger partial charge in [0.1, 0.15) is 9.84 Å². The Balaban J connectivity index is 2.76. The van der Waals surface area contributed by atoms with Gasteiger partial charge in [0, 0.05) is 27.8 Å². The molecule has 2 atom stereocenters. The van der Waals surface area contributed by atoms with Gasteiger partial charge in [-0.15, -0.1) is 0 Å². The van der Waals surface area contributed by atoms with Gasteiger partial charge in [0.05, 0.1) is 5.75 Å². The molecule has 0 spiro atoms. The molecule has 1 aromatic rings. The molecule has 1 aromatic carbocycles. The van der Waals surface area contributed by atoms with Gasteiger partial charge in [0.25, 0.3) is 0 Å². The van der Waals surface area contributed by atoms with Gasteiger partial charge in [-0.1, -0.05) is 34.1 Å². The van der Waals surface area contributed by atoms with Crippen molar-refractivity contribution in [3.8, 4) is 0 Å². The minimum Gasteiger partial charge on any atom is -0.327 e. The van der Waals surface area contributed by atoms with Crippen molar-refractivity contribution < 1.29 is 8.42 Å². The summed E-state index contributed by atoms with van der Waals surface area (Å²) >= 11 is 5.10. The first-order chi connectivity index (χ1) is 8.31. The fraction of sp³-hybridized carbons (Fsp3) is 0.500. The maximum Gasteiger partial charge on any atom is 0.148 e. The standard InChI is InChI=1S/C12H18BrNO2S2/c1-9(14)12(17-7-8-18(2,15)16)10-5-3-4-6-11(10)13/h3-6,9,12H,7-8,14H2,1-2H3. The third-order valence-electron chi connectivity index (χ3n) is 2.44. The Labute approximate surface area is 122 Å². The van der Waals surface area contributed by atoms with Gasteiger partial charge in [-0.2, -0.15) is 11.8 Å². The summed E-state index contributed by atoms with van der Waals surface area (Å²) < 4.78 is 23.3. The van der Waals surface area contributed by atoms with E-state index in [2.05, 4.69) is 15.9 Å². The Morgan fingerprint density at radius 3 is 2.50 bits per heavy atom. The van der Waals surface area contributed by atoms with E-state index in [9.17, 15) is 8.42 Å². The fourth-order valence-corrected chi connectivity index (χ4v) is 4.78. The van der Waals surface area contributed by atoms with Crippen LogP contribution >= 0.6 is 27.7 Å². The number of hydrogen-bond donors (Lipinski definition) is 1. The molecule has 0 radical (unpaired) electrons. The topological polar surface area (TPSA) is 60.2 Å². The van der Waals surface area contributed by atoms with Crippen LogP contribution in [0.3, 0.4) is 0 Å². The minimum atomic E-state index is -2.91. The molecule has 0 saturated carbocycles. The van der Waals surface area contributed by atoms with Crippen molar-refractivity contribution in [3.05, 3.63) is 34.3 Å². The molecule has 0 aliphatic rings. The summed E-state index contributed by atoms with van der Waals surface area (Å²) in [5.41, 5.74) is 7.11. The van der Waals surface area contributed by atoms with Crippen molar-refractivity contribution in [1.29, 1.82) is 0 Å². The van der Waals surface area contributed by atoms with E-state index >= 15 is 0 Å². The number of hydrogen-bond acceptors (Lipinski definition) is 4. The maximum absolute atomic E-state index is 11.1. The molecular weight excluding hydrogens is 334 g/mol. The lowest BCUT2D eigenvalue weighted by Gasteiger charge is -2.21. The van der Waals surface area contributed by atoms with Crippen molar-refractivity contribution in [2.75, 3.05) is 17.8 Å². The van der Waals surface area contributed by atoms with Gasteiger partial charge in [0.2, 0.25) is 0 Å². The monoisotopic (exact) mass is 351 g/mol. The maximum atomic E-state index is 11.1. The molecule has 102 valence electrons. The number of sulfone groups is 1. The summed E-state index contributed by atoms with van der Waals surface area (Å²) in [5.74, 6) is 0.748. The average molecular weight is 352 g/mol.